The largest absolute Gasteiger partial charge is 0.338 e. The average Bonchev–Trinajstić information content (AvgIpc) is 0.747. The second kappa shape index (κ2) is 30.3. The Bertz CT molecular complexity index is 4940. The van der Waals surface area contributed by atoms with Gasteiger partial charge in [-0.2, -0.15) is 50.5 Å². The molecule has 0 heterocycles. The Morgan fingerprint density at radius 1 is 0.327 bits per heavy atom. The van der Waals surface area contributed by atoms with Gasteiger partial charge < -0.3 is 31.9 Å². The highest BCUT2D eigenvalue weighted by Gasteiger charge is 2.30. The normalized spacial score (nSPS) is 12.2. The van der Waals surface area contributed by atoms with Crippen LogP contribution in [0.4, 0.5) is 27.5 Å². The smallest absolute Gasteiger partial charge is 0.314 e. The number of amides is 6. The molecule has 98 heavy (non-hydrogen) atoms. The molecule has 0 atom stereocenters. The number of fused-ring (bicyclic) bond motifs is 2. The number of hydrogen-bond acceptors (Lipinski definition) is 17. The van der Waals surface area contributed by atoms with Crippen LogP contribution in [-0.2, 0) is 73.6 Å². The van der Waals surface area contributed by atoms with Crippen molar-refractivity contribution >= 4 is 135 Å². The van der Waals surface area contributed by atoms with Crippen LogP contribution in [0.3, 0.4) is 0 Å². The molecular formula is C63H64N6O23S6. The molecule has 520 valence electrons. The fourth-order valence-electron chi connectivity index (χ4n) is 10.5. The number of unbranched alkanes of at least 4 members (excludes halogenated alkanes) is 6. The number of carbonyl (C=O) groups is 5. The predicted molar refractivity (Wildman–Crippen MR) is 360 cm³/mol. The van der Waals surface area contributed by atoms with Crippen molar-refractivity contribution in [3.8, 4) is 0 Å². The number of urea groups is 1. The Morgan fingerprint density at radius 2 is 0.653 bits per heavy atom. The summed E-state index contributed by atoms with van der Waals surface area (Å²) in [5.74, 6) is -2.87. The highest BCUT2D eigenvalue weighted by molar-refractivity contribution is 7.88. The monoisotopic (exact) mass is 1460 g/mol. The third-order valence-corrected chi connectivity index (χ3v) is 20.7. The Balaban J connectivity index is 0.736. The molecule has 0 saturated heterocycles. The number of hydrogen-bond donors (Lipinski definition) is 12. The molecule has 12 N–H and O–H groups in total. The summed E-state index contributed by atoms with van der Waals surface area (Å²) < 4.78 is 206. The summed E-state index contributed by atoms with van der Waals surface area (Å²) >= 11 is 0. The Kier molecular flexibility index (Phi) is 23.1. The van der Waals surface area contributed by atoms with E-state index in [0.29, 0.717) is 72.5 Å². The third kappa shape index (κ3) is 19.2. The van der Waals surface area contributed by atoms with Crippen LogP contribution in [0.2, 0.25) is 0 Å². The molecule has 8 aromatic carbocycles. The van der Waals surface area contributed by atoms with Gasteiger partial charge in [-0.1, -0.05) is 62.1 Å². The van der Waals surface area contributed by atoms with Crippen LogP contribution in [0.1, 0.15) is 115 Å². The second-order valence-electron chi connectivity index (χ2n) is 22.5. The molecule has 0 aliphatic rings. The Labute approximate surface area is 563 Å². The van der Waals surface area contributed by atoms with E-state index in [1.165, 1.54) is 36.4 Å². The van der Waals surface area contributed by atoms with Crippen LogP contribution in [0, 0.1) is 13.8 Å². The van der Waals surface area contributed by atoms with Crippen LogP contribution in [0.15, 0.2) is 163 Å². The maximum atomic E-state index is 13.7. The van der Waals surface area contributed by atoms with E-state index >= 15 is 0 Å². The van der Waals surface area contributed by atoms with Crippen molar-refractivity contribution in [3.63, 3.8) is 0 Å². The van der Waals surface area contributed by atoms with Crippen molar-refractivity contribution in [3.05, 3.63) is 178 Å². The van der Waals surface area contributed by atoms with Crippen LogP contribution in [-0.4, -0.2) is 121 Å². The number of nitrogens with one attached hydrogen (secondary N) is 6. The van der Waals surface area contributed by atoms with Crippen LogP contribution < -0.4 is 31.9 Å². The van der Waals surface area contributed by atoms with Gasteiger partial charge in [-0.3, -0.25) is 46.5 Å². The fourth-order valence-corrected chi connectivity index (χ4v) is 14.6. The lowest BCUT2D eigenvalue weighted by atomic mass is 10.0. The molecule has 0 spiro atoms. The van der Waals surface area contributed by atoms with E-state index in [1.54, 1.807) is 50.2 Å². The Morgan fingerprint density at radius 3 is 0.990 bits per heavy atom. The average molecular weight is 1470 g/mol. The summed E-state index contributed by atoms with van der Waals surface area (Å²) in [5.41, 5.74) is 2.82. The minimum Gasteiger partial charge on any atom is -0.338 e. The lowest BCUT2D eigenvalue weighted by Gasteiger charge is -2.16. The van der Waals surface area contributed by atoms with Gasteiger partial charge in [0.2, 0.25) is 0 Å². The van der Waals surface area contributed by atoms with Gasteiger partial charge in [-0.15, -0.1) is 0 Å². The molecule has 0 aliphatic heterocycles. The van der Waals surface area contributed by atoms with Gasteiger partial charge in [0.15, 0.2) is 0 Å². The van der Waals surface area contributed by atoms with E-state index in [4.69, 9.17) is 0 Å². The maximum absolute atomic E-state index is 13.7. The van der Waals surface area contributed by atoms with Crippen molar-refractivity contribution in [2.24, 2.45) is 0 Å². The summed E-state index contributed by atoms with van der Waals surface area (Å²) in [6.45, 7) is 4.23. The summed E-state index contributed by atoms with van der Waals surface area (Å²) in [4.78, 5) is 60.1. The summed E-state index contributed by atoms with van der Waals surface area (Å²) in [6, 6.07) is 27.0. The van der Waals surface area contributed by atoms with Gasteiger partial charge in [0.05, 0.1) is 21.2 Å². The molecule has 0 radical (unpaired) electrons. The van der Waals surface area contributed by atoms with E-state index in [2.05, 4.69) is 31.9 Å². The van der Waals surface area contributed by atoms with E-state index in [1.807, 2.05) is 12.1 Å². The van der Waals surface area contributed by atoms with Crippen molar-refractivity contribution in [2.75, 3.05) is 34.4 Å². The van der Waals surface area contributed by atoms with Crippen molar-refractivity contribution < 1.29 is 102 Å². The molecule has 8 aromatic rings. The third-order valence-electron chi connectivity index (χ3n) is 15.5. The number of benzene rings is 8. The first kappa shape index (κ1) is 74.7. The molecule has 8 rings (SSSR count). The zero-order valence-electron chi connectivity index (χ0n) is 51.8. The Hall–Kier alpha value is -9.11. The van der Waals surface area contributed by atoms with Crippen LogP contribution in [0.5, 0.6) is 0 Å². The van der Waals surface area contributed by atoms with Gasteiger partial charge in [0, 0.05) is 68.3 Å². The maximum Gasteiger partial charge on any atom is 0.314 e. The molecule has 0 aromatic heterocycles. The molecule has 0 saturated carbocycles. The lowest BCUT2D eigenvalue weighted by molar-refractivity contribution is 0.101. The molecule has 0 bridgehead atoms. The van der Waals surface area contributed by atoms with Crippen molar-refractivity contribution in [1.29, 1.82) is 0 Å². The quantitative estimate of drug-likeness (QED) is 0.0160. The highest BCUT2D eigenvalue weighted by atomic mass is 32.2. The first-order valence-corrected chi connectivity index (χ1v) is 38.1. The summed E-state index contributed by atoms with van der Waals surface area (Å²) in [6.07, 6.45) is 7.63. The molecule has 6 amide bonds. The number of carbonyl (C=O) groups excluding carboxylic acids is 5. The first-order chi connectivity index (χ1) is 45.8. The first-order valence-electron chi connectivity index (χ1n) is 29.5. The minimum absolute atomic E-state index is 0.0887. The van der Waals surface area contributed by atoms with Crippen molar-refractivity contribution in [2.45, 2.75) is 107 Å². The van der Waals surface area contributed by atoms with Gasteiger partial charge in [0.1, 0.15) is 19.6 Å². The van der Waals surface area contributed by atoms with Gasteiger partial charge in [-0.25, -0.2) is 4.79 Å². The fraction of sp³-hybridized carbons (Fsp3) is 0.222. The zero-order chi connectivity index (χ0) is 71.9. The lowest BCUT2D eigenvalue weighted by Crippen LogP contribution is -2.36. The minimum atomic E-state index is -5.39. The van der Waals surface area contributed by atoms with Gasteiger partial charge in [-0.05, 0) is 172 Å². The SMILES string of the molecule is Cc1ccc(C(=O)Nc2ccc(S(=O)(=O)O)c3cc(S(=O)(=O)O)cc(S(=O)(=O)O)c23)cc1NC(=O)c1cccc(CCCCCCNC(=O)NCCCCCCc2cccc(C(=O)Nc3cc(C(=O)Nc4ccc(S(=O)(=O)O)c5cc(S(=O)(=O)O)cc(S(=O)(=O)O)c45)ccc3C)c2)c1. The zero-order valence-corrected chi connectivity index (χ0v) is 56.7. The summed E-state index contributed by atoms with van der Waals surface area (Å²) in [7, 11) is -31.6. The number of aryl methyl sites for hydroxylation is 4. The van der Waals surface area contributed by atoms with E-state index < -0.39 is 147 Å². The standard InChI is InChI=1S/C63H64N6O23S6/c1-37-19-21-43(61(72)66-49-23-25-53(95(81,82)83)47-33-45(93(75,76)77)35-55(57(47)49)97(87,88)89)31-51(37)68-59(70)41-17-11-15-39(29-41)13-7-3-5-9-27-64-63(74)65-28-10-6-4-8-14-40-16-12-18-42(30-40)60(71)69-52-32-44(22-20-38(52)2)62(73)67-50-24-26-54(96(84,85)86)48-34-46(94(78,79)80)36-56(58(48)50)98(90,91)92/h11-12,15-26,29-36H,3-10,13-14,27-28H2,1-2H3,(H,66,72)(H,67,73)(H,68,70)(H,69,71)(H2,64,65,74)(H,75,76,77)(H,78,79,80)(H,81,82,83)(H,84,85,86)(H,87,88,89)(H,90,91,92). The van der Waals surface area contributed by atoms with Crippen LogP contribution in [0.25, 0.3) is 21.5 Å². The van der Waals surface area contributed by atoms with Crippen molar-refractivity contribution in [1.82, 2.24) is 10.6 Å². The van der Waals surface area contributed by atoms with E-state index in [0.717, 1.165) is 86.8 Å². The molecule has 0 unspecified atom stereocenters. The molecule has 0 aliphatic carbocycles. The molecule has 0 fully saturated rings. The topological polar surface area (TPSA) is 484 Å². The molecular weight excluding hydrogens is 1400 g/mol. The van der Waals surface area contributed by atoms with E-state index in [-0.39, 0.29) is 28.5 Å². The number of anilines is 4. The highest BCUT2D eigenvalue weighted by Crippen LogP contribution is 2.39. The summed E-state index contributed by atoms with van der Waals surface area (Å²) in [5, 5.41) is 13.1. The second-order valence-corrected chi connectivity index (χ2v) is 31.0. The van der Waals surface area contributed by atoms with Crippen LogP contribution >= 0.6 is 0 Å². The molecule has 29 nitrogen and oxygen atoms in total. The molecule has 35 heteroatoms. The number of rotatable bonds is 28. The van der Waals surface area contributed by atoms with Gasteiger partial charge in [0.25, 0.3) is 84.3 Å². The van der Waals surface area contributed by atoms with E-state index in [9.17, 15) is 102 Å². The van der Waals surface area contributed by atoms with Gasteiger partial charge >= 0.3 is 6.03 Å². The predicted octanol–water partition coefficient (Wildman–Crippen LogP) is 9.30.